The summed E-state index contributed by atoms with van der Waals surface area (Å²) in [4.78, 5) is 4.11. The van der Waals surface area contributed by atoms with E-state index in [4.69, 9.17) is 0 Å². The molecule has 0 amide bonds. The third-order valence-electron chi connectivity index (χ3n) is 2.95. The Hall–Kier alpha value is -1.30. The van der Waals surface area contributed by atoms with Crippen molar-refractivity contribution in [1.29, 1.82) is 0 Å². The van der Waals surface area contributed by atoms with Crippen LogP contribution in [0.3, 0.4) is 0 Å². The SMILES string of the molecule is CNc1cncc(NC2CCS(=O)(=O)CC2)c1. The minimum absolute atomic E-state index is 0.229. The fraction of sp³-hybridized carbons (Fsp3) is 0.545. The van der Waals surface area contributed by atoms with Gasteiger partial charge in [-0.15, -0.1) is 0 Å². The van der Waals surface area contributed by atoms with Crippen LogP contribution in [0, 0.1) is 0 Å². The highest BCUT2D eigenvalue weighted by Gasteiger charge is 2.23. The van der Waals surface area contributed by atoms with Crippen LogP contribution in [0.25, 0.3) is 0 Å². The lowest BCUT2D eigenvalue weighted by Crippen LogP contribution is -2.32. The van der Waals surface area contributed by atoms with Crippen molar-refractivity contribution in [3.05, 3.63) is 18.5 Å². The topological polar surface area (TPSA) is 71.1 Å². The molecule has 1 aliphatic rings. The van der Waals surface area contributed by atoms with E-state index >= 15 is 0 Å². The van der Waals surface area contributed by atoms with Gasteiger partial charge in [0.25, 0.3) is 0 Å². The van der Waals surface area contributed by atoms with Gasteiger partial charge in [0.05, 0.1) is 35.3 Å². The van der Waals surface area contributed by atoms with E-state index in [9.17, 15) is 8.42 Å². The second-order valence-corrected chi connectivity index (χ2v) is 6.59. The molecule has 1 aliphatic heterocycles. The van der Waals surface area contributed by atoms with E-state index in [1.165, 1.54) is 0 Å². The summed E-state index contributed by atoms with van der Waals surface area (Å²) in [5, 5.41) is 6.35. The normalized spacial score (nSPS) is 19.8. The molecule has 2 N–H and O–H groups in total. The van der Waals surface area contributed by atoms with E-state index in [1.807, 2.05) is 13.1 Å². The number of rotatable bonds is 3. The van der Waals surface area contributed by atoms with Crippen molar-refractivity contribution >= 4 is 21.2 Å². The van der Waals surface area contributed by atoms with Gasteiger partial charge in [0, 0.05) is 13.1 Å². The minimum Gasteiger partial charge on any atom is -0.387 e. The number of nitrogens with one attached hydrogen (secondary N) is 2. The lowest BCUT2D eigenvalue weighted by Gasteiger charge is -2.24. The lowest BCUT2D eigenvalue weighted by molar-refractivity contribution is 0.559. The fourth-order valence-corrected chi connectivity index (χ4v) is 3.42. The molecular weight excluding hydrogens is 238 g/mol. The van der Waals surface area contributed by atoms with Gasteiger partial charge in [-0.25, -0.2) is 8.42 Å². The zero-order chi connectivity index (χ0) is 12.3. The van der Waals surface area contributed by atoms with Crippen LogP contribution < -0.4 is 10.6 Å². The van der Waals surface area contributed by atoms with Crippen LogP contribution in [0.1, 0.15) is 12.8 Å². The highest BCUT2D eigenvalue weighted by Crippen LogP contribution is 2.19. The maximum atomic E-state index is 11.3. The van der Waals surface area contributed by atoms with Crippen LogP contribution in [0.5, 0.6) is 0 Å². The number of hydrogen-bond donors (Lipinski definition) is 2. The van der Waals surface area contributed by atoms with Crippen molar-refractivity contribution in [2.75, 3.05) is 29.2 Å². The first-order chi connectivity index (χ1) is 8.09. The number of nitrogens with zero attached hydrogens (tertiary/aromatic N) is 1. The van der Waals surface area contributed by atoms with Crippen LogP contribution in [0.4, 0.5) is 11.4 Å². The van der Waals surface area contributed by atoms with E-state index in [2.05, 4.69) is 15.6 Å². The molecule has 17 heavy (non-hydrogen) atoms. The minimum atomic E-state index is -2.79. The van der Waals surface area contributed by atoms with Gasteiger partial charge < -0.3 is 10.6 Å². The number of hydrogen-bond acceptors (Lipinski definition) is 5. The molecule has 0 radical (unpaired) electrons. The standard InChI is InChI=1S/C11H17N3O2S/c1-12-10-6-11(8-13-7-10)14-9-2-4-17(15,16)5-3-9/h6-9,12,14H,2-5H2,1H3. The van der Waals surface area contributed by atoms with E-state index in [1.54, 1.807) is 12.4 Å². The van der Waals surface area contributed by atoms with Crippen molar-refractivity contribution in [2.45, 2.75) is 18.9 Å². The molecule has 0 aromatic carbocycles. The highest BCUT2D eigenvalue weighted by atomic mass is 32.2. The molecule has 2 rings (SSSR count). The number of anilines is 2. The first kappa shape index (κ1) is 12.2. The summed E-state index contributed by atoms with van der Waals surface area (Å²) in [5.41, 5.74) is 1.87. The zero-order valence-corrected chi connectivity index (χ0v) is 10.6. The van der Waals surface area contributed by atoms with E-state index in [0.29, 0.717) is 12.8 Å². The number of pyridine rings is 1. The van der Waals surface area contributed by atoms with Gasteiger partial charge in [0.15, 0.2) is 0 Å². The Morgan fingerprint density at radius 3 is 2.53 bits per heavy atom. The molecule has 0 saturated carbocycles. The first-order valence-corrected chi connectivity index (χ1v) is 7.51. The molecule has 1 aromatic rings. The largest absolute Gasteiger partial charge is 0.387 e. The van der Waals surface area contributed by atoms with Crippen molar-refractivity contribution in [3.8, 4) is 0 Å². The smallest absolute Gasteiger partial charge is 0.150 e. The van der Waals surface area contributed by atoms with Crippen LogP contribution in [0.15, 0.2) is 18.5 Å². The Morgan fingerprint density at radius 2 is 1.88 bits per heavy atom. The van der Waals surface area contributed by atoms with E-state index in [0.717, 1.165) is 11.4 Å². The van der Waals surface area contributed by atoms with Crippen molar-refractivity contribution < 1.29 is 8.42 Å². The summed E-state index contributed by atoms with van der Waals surface area (Å²) < 4.78 is 22.6. The predicted molar refractivity (Wildman–Crippen MR) is 69.1 cm³/mol. The predicted octanol–water partition coefficient (Wildman–Crippen LogP) is 1.11. The molecule has 1 aromatic heterocycles. The first-order valence-electron chi connectivity index (χ1n) is 5.69. The van der Waals surface area contributed by atoms with Crippen molar-refractivity contribution in [3.63, 3.8) is 0 Å². The molecule has 0 unspecified atom stereocenters. The number of aromatic nitrogens is 1. The van der Waals surface area contributed by atoms with Crippen LogP contribution in [0.2, 0.25) is 0 Å². The summed E-state index contributed by atoms with van der Waals surface area (Å²) in [5.74, 6) is 0.563. The van der Waals surface area contributed by atoms with Gasteiger partial charge in [-0.05, 0) is 18.9 Å². The molecule has 94 valence electrons. The summed E-state index contributed by atoms with van der Waals surface area (Å²) in [7, 11) is -0.948. The van der Waals surface area contributed by atoms with Gasteiger partial charge in [-0.1, -0.05) is 0 Å². The maximum absolute atomic E-state index is 11.3. The third-order valence-corrected chi connectivity index (χ3v) is 4.67. The Morgan fingerprint density at radius 1 is 1.24 bits per heavy atom. The van der Waals surface area contributed by atoms with E-state index in [-0.39, 0.29) is 17.5 Å². The molecule has 0 aliphatic carbocycles. The summed E-state index contributed by atoms with van der Waals surface area (Å²) in [6.07, 6.45) is 4.85. The maximum Gasteiger partial charge on any atom is 0.150 e. The lowest BCUT2D eigenvalue weighted by atomic mass is 10.1. The van der Waals surface area contributed by atoms with Gasteiger partial charge >= 0.3 is 0 Å². The molecule has 2 heterocycles. The molecule has 1 fully saturated rings. The average Bonchev–Trinajstić information content (AvgIpc) is 2.32. The summed E-state index contributed by atoms with van der Waals surface area (Å²) in [6, 6.07) is 2.20. The van der Waals surface area contributed by atoms with Gasteiger partial charge in [0.2, 0.25) is 0 Å². The molecular formula is C11H17N3O2S. The Labute approximate surface area is 102 Å². The molecule has 6 heteroatoms. The summed E-state index contributed by atoms with van der Waals surface area (Å²) in [6.45, 7) is 0. The van der Waals surface area contributed by atoms with Crippen molar-refractivity contribution in [2.24, 2.45) is 0 Å². The van der Waals surface area contributed by atoms with Crippen molar-refractivity contribution in [1.82, 2.24) is 4.98 Å². The van der Waals surface area contributed by atoms with Crippen LogP contribution >= 0.6 is 0 Å². The molecule has 0 atom stereocenters. The van der Waals surface area contributed by atoms with Gasteiger partial charge in [0.1, 0.15) is 9.84 Å². The Balaban J connectivity index is 1.97. The van der Waals surface area contributed by atoms with Crippen LogP contribution in [-0.4, -0.2) is 38.0 Å². The van der Waals surface area contributed by atoms with Gasteiger partial charge in [-0.3, -0.25) is 4.98 Å². The zero-order valence-electron chi connectivity index (χ0n) is 9.81. The molecule has 1 saturated heterocycles. The summed E-state index contributed by atoms with van der Waals surface area (Å²) >= 11 is 0. The molecule has 0 spiro atoms. The second-order valence-electron chi connectivity index (χ2n) is 4.28. The Kier molecular flexibility index (Phi) is 3.51. The highest BCUT2D eigenvalue weighted by molar-refractivity contribution is 7.91. The van der Waals surface area contributed by atoms with Gasteiger partial charge in [-0.2, -0.15) is 0 Å². The average molecular weight is 255 g/mol. The molecule has 0 bridgehead atoms. The molecule has 5 nitrogen and oxygen atoms in total. The second kappa shape index (κ2) is 4.91. The quantitative estimate of drug-likeness (QED) is 0.846. The Bertz CT molecular complexity index is 473. The van der Waals surface area contributed by atoms with E-state index < -0.39 is 9.84 Å². The van der Waals surface area contributed by atoms with Crippen LogP contribution in [-0.2, 0) is 9.84 Å². The number of sulfone groups is 1. The monoisotopic (exact) mass is 255 g/mol. The fourth-order valence-electron chi connectivity index (χ4n) is 1.93. The third kappa shape index (κ3) is 3.33.